The second-order valence-electron chi connectivity index (χ2n) is 10.7. The SMILES string of the molecule is CC(C)c1cc(-c2n[nH]c(=O)n2-c2ccc(CN3CCN(C(=O)OC(C)(C)C)CC3)cc2)c(O)cc1O. The number of nitrogens with one attached hydrogen (secondary N) is 1. The number of benzene rings is 2. The molecule has 3 N–H and O–H groups in total. The first-order valence-corrected chi connectivity index (χ1v) is 12.5. The van der Waals surface area contributed by atoms with E-state index in [0.717, 1.165) is 18.7 Å². The molecule has 1 fully saturated rings. The molecule has 1 amide bonds. The number of aromatic nitrogens is 3. The predicted molar refractivity (Wildman–Crippen MR) is 140 cm³/mol. The van der Waals surface area contributed by atoms with Crippen LogP contribution >= 0.6 is 0 Å². The summed E-state index contributed by atoms with van der Waals surface area (Å²) in [6.07, 6.45) is -0.280. The van der Waals surface area contributed by atoms with Crippen molar-refractivity contribution in [1.82, 2.24) is 24.6 Å². The molecule has 0 spiro atoms. The summed E-state index contributed by atoms with van der Waals surface area (Å²) >= 11 is 0. The van der Waals surface area contributed by atoms with Crippen LogP contribution in [0.1, 0.15) is 51.7 Å². The Balaban J connectivity index is 1.48. The minimum absolute atomic E-state index is 0.00281. The topological polar surface area (TPSA) is 124 Å². The van der Waals surface area contributed by atoms with Gasteiger partial charge in [-0.2, -0.15) is 5.10 Å². The Morgan fingerprint density at radius 3 is 2.30 bits per heavy atom. The van der Waals surface area contributed by atoms with Crippen molar-refractivity contribution in [2.75, 3.05) is 26.2 Å². The van der Waals surface area contributed by atoms with E-state index in [4.69, 9.17) is 4.74 Å². The van der Waals surface area contributed by atoms with Gasteiger partial charge in [-0.3, -0.25) is 4.90 Å². The van der Waals surface area contributed by atoms with E-state index < -0.39 is 11.3 Å². The number of ether oxygens (including phenoxy) is 1. The van der Waals surface area contributed by atoms with Crippen LogP contribution in [0, 0.1) is 0 Å². The average molecular weight is 510 g/mol. The monoisotopic (exact) mass is 509 g/mol. The van der Waals surface area contributed by atoms with Gasteiger partial charge in [-0.1, -0.05) is 26.0 Å². The Kier molecular flexibility index (Phi) is 7.31. The molecule has 1 aliphatic heterocycles. The minimum atomic E-state index is -0.509. The molecule has 0 unspecified atom stereocenters. The van der Waals surface area contributed by atoms with E-state index in [-0.39, 0.29) is 29.3 Å². The largest absolute Gasteiger partial charge is 0.508 e. The summed E-state index contributed by atoms with van der Waals surface area (Å²) in [4.78, 5) is 29.0. The highest BCUT2D eigenvalue weighted by Gasteiger charge is 2.26. The summed E-state index contributed by atoms with van der Waals surface area (Å²) in [7, 11) is 0. The summed E-state index contributed by atoms with van der Waals surface area (Å²) < 4.78 is 6.87. The second kappa shape index (κ2) is 10.3. The molecule has 1 saturated heterocycles. The molecule has 2 heterocycles. The number of hydrogen-bond acceptors (Lipinski definition) is 7. The maximum absolute atomic E-state index is 12.6. The Morgan fingerprint density at radius 1 is 1.05 bits per heavy atom. The molecule has 0 bridgehead atoms. The van der Waals surface area contributed by atoms with Gasteiger partial charge in [-0.15, -0.1) is 0 Å². The molecule has 2 aromatic carbocycles. The molecule has 0 saturated carbocycles. The van der Waals surface area contributed by atoms with Crippen LogP contribution in [0.15, 0.2) is 41.2 Å². The number of aromatic hydroxyl groups is 2. The van der Waals surface area contributed by atoms with E-state index in [1.165, 1.54) is 10.6 Å². The summed E-state index contributed by atoms with van der Waals surface area (Å²) in [6.45, 7) is 12.9. The summed E-state index contributed by atoms with van der Waals surface area (Å²) in [5.74, 6) is 0.112. The van der Waals surface area contributed by atoms with Crippen molar-refractivity contribution < 1.29 is 19.7 Å². The first-order chi connectivity index (χ1) is 17.4. The molecule has 0 aliphatic carbocycles. The Hall–Kier alpha value is -3.79. The first-order valence-electron chi connectivity index (χ1n) is 12.5. The smallest absolute Gasteiger partial charge is 0.410 e. The van der Waals surface area contributed by atoms with E-state index in [0.29, 0.717) is 36.4 Å². The third kappa shape index (κ3) is 5.96. The lowest BCUT2D eigenvalue weighted by Crippen LogP contribution is -2.49. The lowest BCUT2D eigenvalue weighted by atomic mass is 9.98. The van der Waals surface area contributed by atoms with Crippen molar-refractivity contribution >= 4 is 6.09 Å². The van der Waals surface area contributed by atoms with E-state index in [2.05, 4.69) is 15.1 Å². The molecule has 1 aliphatic rings. The fourth-order valence-corrected chi connectivity index (χ4v) is 4.38. The van der Waals surface area contributed by atoms with Crippen LogP contribution in [0.3, 0.4) is 0 Å². The van der Waals surface area contributed by atoms with Gasteiger partial charge in [0.25, 0.3) is 0 Å². The van der Waals surface area contributed by atoms with Crippen LogP contribution in [0.5, 0.6) is 11.5 Å². The fourth-order valence-electron chi connectivity index (χ4n) is 4.38. The number of nitrogens with zero attached hydrogens (tertiary/aromatic N) is 4. The summed E-state index contributed by atoms with van der Waals surface area (Å²) in [5.41, 5.74) is 1.74. The van der Waals surface area contributed by atoms with Crippen molar-refractivity contribution in [1.29, 1.82) is 0 Å². The lowest BCUT2D eigenvalue weighted by Gasteiger charge is -2.35. The van der Waals surface area contributed by atoms with Gasteiger partial charge in [0.05, 0.1) is 11.3 Å². The van der Waals surface area contributed by atoms with Crippen LogP contribution in [0.2, 0.25) is 0 Å². The van der Waals surface area contributed by atoms with Gasteiger partial charge < -0.3 is 19.8 Å². The normalized spacial score (nSPS) is 14.8. The average Bonchev–Trinajstić information content (AvgIpc) is 3.20. The van der Waals surface area contributed by atoms with E-state index >= 15 is 0 Å². The molecule has 0 atom stereocenters. The highest BCUT2D eigenvalue weighted by Crippen LogP contribution is 2.37. The van der Waals surface area contributed by atoms with Crippen LogP contribution in [0.4, 0.5) is 4.79 Å². The zero-order chi connectivity index (χ0) is 26.9. The van der Waals surface area contributed by atoms with Crippen LogP contribution in [-0.4, -0.2) is 72.7 Å². The number of aromatic amines is 1. The van der Waals surface area contributed by atoms with Gasteiger partial charge in [0, 0.05) is 38.8 Å². The van der Waals surface area contributed by atoms with Gasteiger partial charge in [-0.25, -0.2) is 19.3 Å². The fraction of sp³-hybridized carbons (Fsp3) is 0.444. The highest BCUT2D eigenvalue weighted by molar-refractivity contribution is 5.69. The van der Waals surface area contributed by atoms with Crippen molar-refractivity contribution in [2.45, 2.75) is 52.7 Å². The third-order valence-corrected chi connectivity index (χ3v) is 6.30. The van der Waals surface area contributed by atoms with E-state index in [1.807, 2.05) is 58.9 Å². The number of phenolic OH excluding ortho intramolecular Hbond substituents is 2. The number of rotatable bonds is 5. The van der Waals surface area contributed by atoms with Crippen LogP contribution in [0.25, 0.3) is 17.1 Å². The van der Waals surface area contributed by atoms with Gasteiger partial charge in [-0.05, 0) is 56.0 Å². The number of H-pyrrole nitrogens is 1. The molecule has 0 radical (unpaired) electrons. The number of amides is 1. The number of phenols is 2. The van der Waals surface area contributed by atoms with Gasteiger partial charge >= 0.3 is 11.8 Å². The number of carbonyl (C=O) groups excluding carboxylic acids is 1. The van der Waals surface area contributed by atoms with Crippen molar-refractivity contribution in [2.24, 2.45) is 0 Å². The van der Waals surface area contributed by atoms with Crippen molar-refractivity contribution in [3.63, 3.8) is 0 Å². The van der Waals surface area contributed by atoms with E-state index in [1.54, 1.807) is 11.0 Å². The Labute approximate surface area is 216 Å². The molecule has 198 valence electrons. The van der Waals surface area contributed by atoms with E-state index in [9.17, 15) is 19.8 Å². The number of hydrogen-bond donors (Lipinski definition) is 3. The van der Waals surface area contributed by atoms with Crippen molar-refractivity contribution in [3.05, 3.63) is 58.0 Å². The maximum atomic E-state index is 12.6. The molecule has 1 aromatic heterocycles. The second-order valence-corrected chi connectivity index (χ2v) is 10.7. The third-order valence-electron chi connectivity index (χ3n) is 6.30. The zero-order valence-corrected chi connectivity index (χ0v) is 22.0. The number of carbonyl (C=O) groups is 1. The first kappa shape index (κ1) is 26.3. The van der Waals surface area contributed by atoms with Crippen LogP contribution < -0.4 is 5.69 Å². The van der Waals surface area contributed by atoms with Crippen LogP contribution in [-0.2, 0) is 11.3 Å². The predicted octanol–water partition coefficient (Wildman–Crippen LogP) is 3.81. The van der Waals surface area contributed by atoms with Gasteiger partial charge in [0.15, 0.2) is 5.82 Å². The molecule has 3 aromatic rings. The van der Waals surface area contributed by atoms with Gasteiger partial charge in [0.1, 0.15) is 17.1 Å². The summed E-state index contributed by atoms with van der Waals surface area (Å²) in [5, 5.41) is 27.3. The Morgan fingerprint density at radius 2 is 1.70 bits per heavy atom. The standard InChI is InChI=1S/C27H35N5O5/c1-17(2)20-14-21(23(34)15-22(20)33)24-28-29-25(35)32(24)19-8-6-18(7-9-19)16-30-10-12-31(13-11-30)26(36)37-27(3,4)5/h6-9,14-15,17,33-34H,10-13,16H2,1-5H3,(H,29,35). The van der Waals surface area contributed by atoms with Crippen molar-refractivity contribution in [3.8, 4) is 28.6 Å². The molecular formula is C27H35N5O5. The molecular weight excluding hydrogens is 474 g/mol. The molecule has 10 heteroatoms. The number of piperazine rings is 1. The molecule has 4 rings (SSSR count). The van der Waals surface area contributed by atoms with Gasteiger partial charge in [0.2, 0.25) is 0 Å². The summed E-state index contributed by atoms with van der Waals surface area (Å²) in [6, 6.07) is 10.5. The quantitative estimate of drug-likeness (QED) is 0.478. The lowest BCUT2D eigenvalue weighted by molar-refractivity contribution is 0.0139. The maximum Gasteiger partial charge on any atom is 0.410 e. The molecule has 10 nitrogen and oxygen atoms in total. The minimum Gasteiger partial charge on any atom is -0.508 e. The molecule has 37 heavy (non-hydrogen) atoms. The highest BCUT2D eigenvalue weighted by atomic mass is 16.6. The zero-order valence-electron chi connectivity index (χ0n) is 22.0. The Bertz CT molecular complexity index is 1310.